The maximum Gasteiger partial charge on any atom is 0.228 e. The van der Waals surface area contributed by atoms with Gasteiger partial charge in [-0.3, -0.25) is 14.5 Å². The van der Waals surface area contributed by atoms with Gasteiger partial charge in [-0.05, 0) is 81.3 Å². The maximum absolute atomic E-state index is 15.4. The Morgan fingerprint density at radius 3 is 2.55 bits per heavy atom. The number of amides is 1. The van der Waals surface area contributed by atoms with Gasteiger partial charge in [0.15, 0.2) is 11.6 Å². The van der Waals surface area contributed by atoms with E-state index in [1.165, 1.54) is 6.07 Å². The summed E-state index contributed by atoms with van der Waals surface area (Å²) in [7, 11) is -2.69. The molecule has 5 rings (SSSR count). The van der Waals surface area contributed by atoms with Gasteiger partial charge in [0.05, 0.1) is 44.8 Å². The molecule has 0 aliphatic heterocycles. The number of fused-ring (bicyclic) bond motifs is 1. The number of nitrogens with zero attached hydrogens (tertiary/aromatic N) is 4. The lowest BCUT2D eigenvalue weighted by molar-refractivity contribution is -0.115. The highest BCUT2D eigenvalue weighted by atomic mass is 32.2. The summed E-state index contributed by atoms with van der Waals surface area (Å²) in [4.78, 5) is 17.7. The molecule has 1 amide bonds. The second-order valence-electron chi connectivity index (χ2n) is 11.1. The van der Waals surface area contributed by atoms with Crippen molar-refractivity contribution in [2.75, 3.05) is 11.6 Å². The number of benzene rings is 3. The maximum atomic E-state index is 15.4. The number of rotatable bonds is 7. The first kappa shape index (κ1) is 28.9. The predicted molar refractivity (Wildman–Crippen MR) is 163 cm³/mol. The molecule has 0 saturated carbocycles. The van der Waals surface area contributed by atoms with Gasteiger partial charge in [-0.2, -0.15) is 9.46 Å². The lowest BCUT2D eigenvalue weighted by Gasteiger charge is -2.18. The van der Waals surface area contributed by atoms with Crippen LogP contribution in [-0.4, -0.2) is 31.1 Å². The molecule has 0 bridgehead atoms. The smallest absolute Gasteiger partial charge is 0.228 e. The summed E-state index contributed by atoms with van der Waals surface area (Å²) in [6.45, 7) is 7.76. The van der Waals surface area contributed by atoms with Crippen molar-refractivity contribution in [2.24, 2.45) is 4.36 Å². The molecule has 1 N–H and O–H groups in total. The minimum atomic E-state index is -2.69. The van der Waals surface area contributed by atoms with Gasteiger partial charge in [0.1, 0.15) is 5.75 Å². The van der Waals surface area contributed by atoms with Crippen molar-refractivity contribution < 1.29 is 18.1 Å². The van der Waals surface area contributed by atoms with E-state index in [1.54, 1.807) is 78.9 Å². The molecular weight excluding hydrogens is 553 g/mol. The van der Waals surface area contributed by atoms with Crippen LogP contribution in [0.5, 0.6) is 11.5 Å². The molecule has 2 aromatic heterocycles. The van der Waals surface area contributed by atoms with Crippen LogP contribution < -0.4 is 10.1 Å². The molecule has 3 aromatic carbocycles. The first-order valence-electron chi connectivity index (χ1n) is 13.4. The molecule has 0 fully saturated rings. The van der Waals surface area contributed by atoms with Crippen molar-refractivity contribution in [2.45, 2.75) is 44.6 Å². The summed E-state index contributed by atoms with van der Waals surface area (Å²) in [6, 6.07) is 19.0. The number of anilines is 1. The van der Waals surface area contributed by atoms with Gasteiger partial charge in [0.2, 0.25) is 5.91 Å². The lowest BCUT2D eigenvalue weighted by atomic mass is 10.1. The topological polar surface area (TPSA) is 98.5 Å². The minimum Gasteiger partial charge on any atom is -0.453 e. The fraction of sp³-hybridized carbons (Fsp3) is 0.219. The van der Waals surface area contributed by atoms with Gasteiger partial charge >= 0.3 is 0 Å². The Hall–Kier alpha value is -4.57. The Bertz CT molecular complexity index is 1880. The summed E-state index contributed by atoms with van der Waals surface area (Å²) in [5.41, 5.74) is 2.51. The van der Waals surface area contributed by atoms with Gasteiger partial charge in [0, 0.05) is 28.9 Å². The molecule has 8 nitrogen and oxygen atoms in total. The molecule has 42 heavy (non-hydrogen) atoms. The average molecular weight is 586 g/mol. The quantitative estimate of drug-likeness (QED) is 0.215. The third-order valence-corrected chi connectivity index (χ3v) is 8.27. The molecular formula is C32H32FN5O3S. The van der Waals surface area contributed by atoms with Crippen LogP contribution in [0.2, 0.25) is 0 Å². The zero-order valence-electron chi connectivity index (χ0n) is 24.1. The summed E-state index contributed by atoms with van der Waals surface area (Å²) >= 11 is 0. The number of carbonyl (C=O) groups is 1. The summed E-state index contributed by atoms with van der Waals surface area (Å²) < 4.78 is 41.0. The number of hydrogen-bond donors (Lipinski definition) is 1. The van der Waals surface area contributed by atoms with E-state index in [0.717, 1.165) is 0 Å². The van der Waals surface area contributed by atoms with Crippen molar-refractivity contribution in [1.29, 1.82) is 0 Å². The SMILES string of the molecule is Cc1cc(CC(=O)Nc2cnn(C(C)(C)C)c2)cc(F)c1Oc1ccnc2ccc(N=S(C)(=O)c3ccccc3)cc12. The molecule has 2 heterocycles. The largest absolute Gasteiger partial charge is 0.453 e. The Balaban J connectivity index is 1.38. The van der Waals surface area contributed by atoms with Crippen LogP contribution in [0.3, 0.4) is 0 Å². The van der Waals surface area contributed by atoms with Gasteiger partial charge in [-0.25, -0.2) is 8.60 Å². The zero-order chi connectivity index (χ0) is 30.1. The fourth-order valence-electron chi connectivity index (χ4n) is 4.47. The van der Waals surface area contributed by atoms with E-state index in [1.807, 2.05) is 39.0 Å². The molecule has 10 heteroatoms. The van der Waals surface area contributed by atoms with E-state index in [0.29, 0.717) is 44.0 Å². The number of nitrogens with one attached hydrogen (secondary N) is 1. The molecule has 0 aliphatic rings. The third-order valence-electron chi connectivity index (χ3n) is 6.56. The van der Waals surface area contributed by atoms with E-state index < -0.39 is 15.5 Å². The number of aryl methyl sites for hydroxylation is 1. The molecule has 0 saturated heterocycles. The molecule has 0 radical (unpaired) electrons. The summed E-state index contributed by atoms with van der Waals surface area (Å²) in [5.74, 6) is -0.452. The van der Waals surface area contributed by atoms with Crippen molar-refractivity contribution in [3.05, 3.63) is 102 Å². The van der Waals surface area contributed by atoms with E-state index in [9.17, 15) is 9.00 Å². The number of hydrogen-bond acceptors (Lipinski definition) is 6. The molecule has 5 aromatic rings. The van der Waals surface area contributed by atoms with E-state index in [-0.39, 0.29) is 23.6 Å². The van der Waals surface area contributed by atoms with E-state index >= 15 is 4.39 Å². The number of carbonyl (C=O) groups excluding carboxylic acids is 1. The Morgan fingerprint density at radius 2 is 1.86 bits per heavy atom. The minimum absolute atomic E-state index is 0.0144. The Labute approximate surface area is 244 Å². The normalized spacial score (nSPS) is 13.0. The van der Waals surface area contributed by atoms with Crippen molar-refractivity contribution in [3.8, 4) is 11.5 Å². The van der Waals surface area contributed by atoms with Crippen LogP contribution in [0.1, 0.15) is 31.9 Å². The van der Waals surface area contributed by atoms with Gasteiger partial charge in [-0.15, -0.1) is 0 Å². The number of aromatic nitrogens is 3. The molecule has 1 unspecified atom stereocenters. The number of halogens is 1. The second-order valence-corrected chi connectivity index (χ2v) is 13.4. The van der Waals surface area contributed by atoms with Gasteiger partial charge in [0.25, 0.3) is 0 Å². The highest BCUT2D eigenvalue weighted by Crippen LogP contribution is 2.35. The summed E-state index contributed by atoms with van der Waals surface area (Å²) in [6.07, 6.45) is 6.50. The molecule has 216 valence electrons. The molecule has 1 atom stereocenters. The first-order valence-corrected chi connectivity index (χ1v) is 15.3. The van der Waals surface area contributed by atoms with Crippen LogP contribution in [0.15, 0.2) is 94.6 Å². The summed E-state index contributed by atoms with van der Waals surface area (Å²) in [5, 5.41) is 7.70. The molecule has 0 spiro atoms. The van der Waals surface area contributed by atoms with Crippen LogP contribution in [-0.2, 0) is 26.5 Å². The van der Waals surface area contributed by atoms with Crippen molar-refractivity contribution >= 4 is 37.9 Å². The third kappa shape index (κ3) is 6.49. The monoisotopic (exact) mass is 585 g/mol. The highest BCUT2D eigenvalue weighted by Gasteiger charge is 2.17. The van der Waals surface area contributed by atoms with E-state index in [2.05, 4.69) is 19.8 Å². The van der Waals surface area contributed by atoms with Crippen molar-refractivity contribution in [3.63, 3.8) is 0 Å². The standard InChI is InChI=1S/C32H32FN5O3S/c1-21-15-22(17-30(39)36-24-19-35-38(20-24)32(2,3)4)16-27(33)31(21)41-29-13-14-34-28-12-11-23(18-26(28)29)37-42(5,40)25-9-7-6-8-10-25/h6-16,18-20H,17H2,1-5H3,(H,36,39). The first-order chi connectivity index (χ1) is 19.9. The lowest BCUT2D eigenvalue weighted by Crippen LogP contribution is -2.22. The second kappa shape index (κ2) is 11.4. The van der Waals surface area contributed by atoms with Crippen LogP contribution in [0.4, 0.5) is 15.8 Å². The van der Waals surface area contributed by atoms with E-state index in [4.69, 9.17) is 4.74 Å². The fourth-order valence-corrected chi connectivity index (χ4v) is 5.75. The van der Waals surface area contributed by atoms with Gasteiger partial charge in [-0.1, -0.05) is 24.3 Å². The zero-order valence-corrected chi connectivity index (χ0v) is 24.9. The average Bonchev–Trinajstić information content (AvgIpc) is 3.40. The van der Waals surface area contributed by atoms with Crippen molar-refractivity contribution in [1.82, 2.24) is 14.8 Å². The van der Waals surface area contributed by atoms with Crippen LogP contribution >= 0.6 is 0 Å². The number of pyridine rings is 1. The van der Waals surface area contributed by atoms with Gasteiger partial charge < -0.3 is 10.1 Å². The highest BCUT2D eigenvalue weighted by molar-refractivity contribution is 7.93. The van der Waals surface area contributed by atoms with Crippen LogP contribution in [0, 0.1) is 12.7 Å². The number of ether oxygens (including phenoxy) is 1. The Kier molecular flexibility index (Phi) is 7.83. The Morgan fingerprint density at radius 1 is 1.10 bits per heavy atom. The van der Waals surface area contributed by atoms with Crippen LogP contribution in [0.25, 0.3) is 10.9 Å². The predicted octanol–water partition coefficient (Wildman–Crippen LogP) is 7.40. The molecule has 0 aliphatic carbocycles.